The molecule has 0 radical (unpaired) electrons. The van der Waals surface area contributed by atoms with Crippen LogP contribution in [-0.4, -0.2) is 45.0 Å². The Bertz CT molecular complexity index is 937. The van der Waals surface area contributed by atoms with Gasteiger partial charge in [-0.15, -0.1) is 0 Å². The van der Waals surface area contributed by atoms with Crippen molar-refractivity contribution < 1.29 is 17.9 Å². The molecule has 2 aromatic carbocycles. The molecule has 6 nitrogen and oxygen atoms in total. The van der Waals surface area contributed by atoms with Crippen molar-refractivity contribution in [2.45, 2.75) is 44.0 Å². The van der Waals surface area contributed by atoms with E-state index in [9.17, 15) is 13.2 Å². The second-order valence-electron chi connectivity index (χ2n) is 7.43. The summed E-state index contributed by atoms with van der Waals surface area (Å²) in [6.45, 7) is 5.29. The zero-order valence-electron chi connectivity index (χ0n) is 16.9. The first-order chi connectivity index (χ1) is 13.8. The lowest BCUT2D eigenvalue weighted by molar-refractivity contribution is -0.132. The van der Waals surface area contributed by atoms with Crippen LogP contribution in [0.3, 0.4) is 0 Å². The zero-order chi connectivity index (χ0) is 20.9. The molecule has 156 valence electrons. The molecule has 0 unspecified atom stereocenters. The predicted octanol–water partition coefficient (Wildman–Crippen LogP) is 3.04. The number of piperidine rings is 1. The number of hydrogen-bond acceptors (Lipinski definition) is 4. The quantitative estimate of drug-likeness (QED) is 0.753. The molecule has 1 aliphatic heterocycles. The average Bonchev–Trinajstić information content (AvgIpc) is 2.71. The van der Waals surface area contributed by atoms with Gasteiger partial charge in [-0.05, 0) is 62.1 Å². The first-order valence-electron chi connectivity index (χ1n) is 9.90. The molecule has 3 rings (SSSR count). The first-order valence-corrected chi connectivity index (χ1v) is 11.4. The molecule has 7 heteroatoms. The van der Waals surface area contributed by atoms with Gasteiger partial charge in [0.2, 0.25) is 15.9 Å². The Morgan fingerprint density at radius 3 is 2.41 bits per heavy atom. The van der Waals surface area contributed by atoms with Crippen molar-refractivity contribution in [2.75, 3.05) is 19.7 Å². The van der Waals surface area contributed by atoms with Crippen LogP contribution in [0.25, 0.3) is 0 Å². The van der Waals surface area contributed by atoms with E-state index in [0.29, 0.717) is 39.0 Å². The Morgan fingerprint density at radius 1 is 1.07 bits per heavy atom. The maximum absolute atomic E-state index is 12.6. The number of para-hydroxylation sites is 1. The third-order valence-corrected chi connectivity index (χ3v) is 6.80. The number of hydrogen-bond donors (Lipinski definition) is 1. The SMILES string of the molecule is Cc1ccc(S(=O)(=O)NC2CCN(C(=O)CCOc3ccccc3)CC2)cc1C. The van der Waals surface area contributed by atoms with E-state index < -0.39 is 10.0 Å². The minimum Gasteiger partial charge on any atom is -0.493 e. The number of likely N-dealkylation sites (tertiary alicyclic amines) is 1. The minimum absolute atomic E-state index is 0.0383. The van der Waals surface area contributed by atoms with Gasteiger partial charge in [-0.3, -0.25) is 4.79 Å². The summed E-state index contributed by atoms with van der Waals surface area (Å²) >= 11 is 0. The van der Waals surface area contributed by atoms with Gasteiger partial charge in [-0.1, -0.05) is 24.3 Å². The molecule has 1 amide bonds. The number of benzene rings is 2. The molecule has 0 spiro atoms. The number of nitrogens with zero attached hydrogens (tertiary/aromatic N) is 1. The summed E-state index contributed by atoms with van der Waals surface area (Å²) < 4.78 is 33.7. The summed E-state index contributed by atoms with van der Waals surface area (Å²) in [6.07, 6.45) is 1.53. The summed E-state index contributed by atoms with van der Waals surface area (Å²) in [7, 11) is -3.56. The van der Waals surface area contributed by atoms with Crippen molar-refractivity contribution in [1.29, 1.82) is 0 Å². The molecular weight excluding hydrogens is 388 g/mol. The highest BCUT2D eigenvalue weighted by atomic mass is 32.2. The second-order valence-corrected chi connectivity index (χ2v) is 9.15. The normalized spacial score (nSPS) is 15.3. The number of carbonyl (C=O) groups is 1. The van der Waals surface area contributed by atoms with Gasteiger partial charge in [0, 0.05) is 19.1 Å². The molecule has 0 aromatic heterocycles. The highest BCUT2D eigenvalue weighted by Gasteiger charge is 2.26. The van der Waals surface area contributed by atoms with E-state index in [2.05, 4.69) is 4.72 Å². The third-order valence-electron chi connectivity index (χ3n) is 5.29. The monoisotopic (exact) mass is 416 g/mol. The van der Waals surface area contributed by atoms with E-state index in [4.69, 9.17) is 4.74 Å². The molecule has 1 fully saturated rings. The van der Waals surface area contributed by atoms with Crippen LogP contribution >= 0.6 is 0 Å². The highest BCUT2D eigenvalue weighted by Crippen LogP contribution is 2.18. The number of nitrogens with one attached hydrogen (secondary N) is 1. The van der Waals surface area contributed by atoms with Crippen LogP contribution in [0.2, 0.25) is 0 Å². The van der Waals surface area contributed by atoms with Gasteiger partial charge in [-0.25, -0.2) is 13.1 Å². The molecule has 2 aromatic rings. The van der Waals surface area contributed by atoms with Crippen molar-refractivity contribution in [1.82, 2.24) is 9.62 Å². The number of ether oxygens (including phenoxy) is 1. The van der Waals surface area contributed by atoms with Crippen molar-refractivity contribution in [3.63, 3.8) is 0 Å². The molecular formula is C22H28N2O4S. The van der Waals surface area contributed by atoms with E-state index in [-0.39, 0.29) is 16.8 Å². The molecule has 29 heavy (non-hydrogen) atoms. The Balaban J connectivity index is 1.46. The predicted molar refractivity (Wildman–Crippen MR) is 112 cm³/mol. The van der Waals surface area contributed by atoms with Gasteiger partial charge >= 0.3 is 0 Å². The van der Waals surface area contributed by atoms with Crippen LogP contribution in [0.15, 0.2) is 53.4 Å². The lowest BCUT2D eigenvalue weighted by atomic mass is 10.1. The fraction of sp³-hybridized carbons (Fsp3) is 0.409. The molecule has 1 heterocycles. The highest BCUT2D eigenvalue weighted by molar-refractivity contribution is 7.89. The van der Waals surface area contributed by atoms with Gasteiger partial charge in [0.05, 0.1) is 17.9 Å². The van der Waals surface area contributed by atoms with Gasteiger partial charge < -0.3 is 9.64 Å². The summed E-state index contributed by atoms with van der Waals surface area (Å²) in [5, 5.41) is 0. The number of carbonyl (C=O) groups excluding carboxylic acids is 1. The Hall–Kier alpha value is -2.38. The Labute approximate surface area is 172 Å². The molecule has 1 N–H and O–H groups in total. The van der Waals surface area contributed by atoms with Crippen LogP contribution in [0.5, 0.6) is 5.75 Å². The van der Waals surface area contributed by atoms with Crippen LogP contribution < -0.4 is 9.46 Å². The van der Waals surface area contributed by atoms with Gasteiger partial charge in [-0.2, -0.15) is 0 Å². The summed E-state index contributed by atoms with van der Waals surface area (Å²) in [6, 6.07) is 14.4. The Morgan fingerprint density at radius 2 is 1.76 bits per heavy atom. The summed E-state index contributed by atoms with van der Waals surface area (Å²) in [5.74, 6) is 0.788. The topological polar surface area (TPSA) is 75.7 Å². The van der Waals surface area contributed by atoms with Crippen LogP contribution in [-0.2, 0) is 14.8 Å². The van der Waals surface area contributed by atoms with Crippen molar-refractivity contribution in [3.05, 3.63) is 59.7 Å². The van der Waals surface area contributed by atoms with E-state index in [1.165, 1.54) is 0 Å². The number of sulfonamides is 1. The van der Waals surface area contributed by atoms with Crippen molar-refractivity contribution in [3.8, 4) is 5.75 Å². The van der Waals surface area contributed by atoms with Gasteiger partial charge in [0.25, 0.3) is 0 Å². The molecule has 0 saturated carbocycles. The first kappa shape index (κ1) is 21.3. The van der Waals surface area contributed by atoms with Crippen molar-refractivity contribution in [2.24, 2.45) is 0 Å². The molecule has 0 aliphatic carbocycles. The smallest absolute Gasteiger partial charge is 0.240 e. The maximum Gasteiger partial charge on any atom is 0.240 e. The van der Waals surface area contributed by atoms with Gasteiger partial charge in [0.1, 0.15) is 5.75 Å². The standard InChI is InChI=1S/C22H28N2O4S/c1-17-8-9-21(16-18(17)2)29(26,27)23-19-10-13-24(14-11-19)22(25)12-15-28-20-6-4-3-5-7-20/h3-9,16,19,23H,10-15H2,1-2H3. The largest absolute Gasteiger partial charge is 0.493 e. The zero-order valence-corrected chi connectivity index (χ0v) is 17.7. The van der Waals surface area contributed by atoms with E-state index in [0.717, 1.165) is 16.9 Å². The third kappa shape index (κ3) is 5.81. The number of rotatable bonds is 7. The van der Waals surface area contributed by atoms with E-state index in [1.807, 2.05) is 50.2 Å². The lowest BCUT2D eigenvalue weighted by Gasteiger charge is -2.32. The molecule has 0 bridgehead atoms. The van der Waals surface area contributed by atoms with Gasteiger partial charge in [0.15, 0.2) is 0 Å². The van der Waals surface area contributed by atoms with Crippen LogP contribution in [0, 0.1) is 13.8 Å². The average molecular weight is 417 g/mol. The second kappa shape index (κ2) is 9.41. The summed E-state index contributed by atoms with van der Waals surface area (Å²) in [5.41, 5.74) is 2.01. The van der Waals surface area contributed by atoms with E-state index >= 15 is 0 Å². The van der Waals surface area contributed by atoms with Crippen molar-refractivity contribution >= 4 is 15.9 Å². The lowest BCUT2D eigenvalue weighted by Crippen LogP contribution is -2.46. The molecule has 1 aliphatic rings. The fourth-order valence-electron chi connectivity index (χ4n) is 3.35. The molecule has 1 saturated heterocycles. The molecule has 0 atom stereocenters. The Kier molecular flexibility index (Phi) is 6.92. The summed E-state index contributed by atoms with van der Waals surface area (Å²) in [4.78, 5) is 14.5. The fourth-order valence-corrected chi connectivity index (χ4v) is 4.74. The van der Waals surface area contributed by atoms with E-state index in [1.54, 1.807) is 17.0 Å². The number of amides is 1. The maximum atomic E-state index is 12.6. The van der Waals surface area contributed by atoms with Crippen LogP contribution in [0.4, 0.5) is 0 Å². The number of aryl methyl sites for hydroxylation is 2. The minimum atomic E-state index is -3.56. The van der Waals surface area contributed by atoms with Crippen LogP contribution in [0.1, 0.15) is 30.4 Å².